The first-order chi connectivity index (χ1) is 8.00. The fourth-order valence-corrected chi connectivity index (χ4v) is 3.31. The van der Waals surface area contributed by atoms with Gasteiger partial charge in [0.05, 0.1) is 11.1 Å². The molecule has 1 rings (SSSR count). The Kier molecular flexibility index (Phi) is 5.29. The maximum atomic E-state index is 11.1. The Morgan fingerprint density at radius 1 is 1.21 bits per heavy atom. The van der Waals surface area contributed by atoms with E-state index >= 15 is 0 Å². The van der Waals surface area contributed by atoms with Crippen LogP contribution < -0.4 is 12.4 Å². The Balaban J connectivity index is 0.00000324. The van der Waals surface area contributed by atoms with E-state index in [9.17, 15) is 16.8 Å². The summed E-state index contributed by atoms with van der Waals surface area (Å²) < 4.78 is 61.9. The molecule has 12 heteroatoms. The lowest BCUT2D eigenvalue weighted by atomic mass is 10.2. The number of hydrogen-bond acceptors (Lipinski definition) is 5. The second-order valence-electron chi connectivity index (χ2n) is 3.21. The molecule has 0 amide bonds. The monoisotopic (exact) mass is 348 g/mol. The van der Waals surface area contributed by atoms with Gasteiger partial charge in [0.25, 0.3) is 10.1 Å². The summed E-state index contributed by atoms with van der Waals surface area (Å²) in [5.74, 6) is 0. The molecular weight excluding hydrogens is 343 g/mol. The van der Waals surface area contributed by atoms with E-state index in [0.717, 1.165) is 6.92 Å². The molecule has 1 aromatic rings. The summed E-state index contributed by atoms with van der Waals surface area (Å²) in [5.41, 5.74) is -1.13. The topological polar surface area (TPSA) is 137 Å². The average molecular weight is 349 g/mol. The maximum Gasteiger partial charge on any atom is 0.407 e. The van der Waals surface area contributed by atoms with Crippen molar-refractivity contribution in [2.75, 3.05) is 0 Å². The summed E-state index contributed by atoms with van der Waals surface area (Å²) >= 11 is 5.58. The number of hydrogen-bond donors (Lipinski definition) is 2. The number of benzene rings is 1. The van der Waals surface area contributed by atoms with Crippen LogP contribution in [0, 0.1) is 12.3 Å². The van der Waals surface area contributed by atoms with E-state index in [1.165, 1.54) is 0 Å². The van der Waals surface area contributed by atoms with E-state index < -0.39 is 40.7 Å². The SMILES string of the molecule is Cc1c(Cl)c(S(=O)(=O)O)cc([N+]#N)c1S(=O)(=O)O.[Cl-]. The van der Waals surface area contributed by atoms with Gasteiger partial charge in [-0.15, -0.1) is 0 Å². The normalized spacial score (nSPS) is 11.5. The lowest BCUT2D eigenvalue weighted by molar-refractivity contribution is -0.0000122. The molecule has 0 bridgehead atoms. The van der Waals surface area contributed by atoms with E-state index in [4.69, 9.17) is 26.1 Å². The van der Waals surface area contributed by atoms with Crippen molar-refractivity contribution in [2.45, 2.75) is 16.7 Å². The van der Waals surface area contributed by atoms with Crippen molar-refractivity contribution < 1.29 is 38.3 Å². The van der Waals surface area contributed by atoms with Gasteiger partial charge in [0.1, 0.15) is 4.90 Å². The molecule has 0 heterocycles. The minimum Gasteiger partial charge on any atom is -1.00 e. The van der Waals surface area contributed by atoms with Crippen LogP contribution in [0.25, 0.3) is 4.98 Å². The largest absolute Gasteiger partial charge is 1.00 e. The molecule has 0 aliphatic rings. The van der Waals surface area contributed by atoms with Gasteiger partial charge in [-0.3, -0.25) is 9.11 Å². The number of halogens is 2. The van der Waals surface area contributed by atoms with Crippen molar-refractivity contribution in [1.82, 2.24) is 0 Å². The molecule has 1 aromatic carbocycles. The molecule has 0 fully saturated rings. The van der Waals surface area contributed by atoms with E-state index in [2.05, 4.69) is 4.98 Å². The third-order valence-corrected chi connectivity index (χ3v) is 4.54. The first-order valence-corrected chi connectivity index (χ1v) is 7.39. The fourth-order valence-electron chi connectivity index (χ4n) is 1.32. The van der Waals surface area contributed by atoms with E-state index in [1.807, 2.05) is 0 Å². The molecule has 0 saturated heterocycles. The molecule has 0 aliphatic heterocycles. The van der Waals surface area contributed by atoms with Gasteiger partial charge < -0.3 is 12.4 Å². The lowest BCUT2D eigenvalue weighted by Gasteiger charge is -2.05. The third kappa shape index (κ3) is 3.53. The van der Waals surface area contributed by atoms with Crippen molar-refractivity contribution >= 4 is 37.5 Å². The van der Waals surface area contributed by atoms with Gasteiger partial charge in [-0.05, 0) is 12.5 Å². The number of nitrogens with zero attached hydrogens (tertiary/aromatic N) is 2. The highest BCUT2D eigenvalue weighted by atomic mass is 35.5. The molecule has 0 saturated carbocycles. The molecule has 0 aromatic heterocycles. The molecule has 2 N–H and O–H groups in total. The molecule has 0 radical (unpaired) electrons. The zero-order chi connectivity index (χ0) is 14.3. The summed E-state index contributed by atoms with van der Waals surface area (Å²) in [6.45, 7) is 1.08. The van der Waals surface area contributed by atoms with Gasteiger partial charge in [-0.2, -0.15) is 16.8 Å². The van der Waals surface area contributed by atoms with Crippen LogP contribution in [-0.2, 0) is 20.2 Å². The predicted molar refractivity (Wildman–Crippen MR) is 60.6 cm³/mol. The van der Waals surface area contributed by atoms with Gasteiger partial charge in [0.15, 0.2) is 9.87 Å². The maximum absolute atomic E-state index is 11.1. The summed E-state index contributed by atoms with van der Waals surface area (Å²) in [6, 6.07) is 0.522. The van der Waals surface area contributed by atoms with Crippen LogP contribution in [0.2, 0.25) is 5.02 Å². The van der Waals surface area contributed by atoms with Crippen molar-refractivity contribution in [3.05, 3.63) is 21.6 Å². The zero-order valence-corrected chi connectivity index (χ0v) is 12.2. The van der Waals surface area contributed by atoms with Crippen molar-refractivity contribution in [3.63, 3.8) is 0 Å². The standard InChI is InChI=1S/C7H5ClN2O6S2.ClH/c1-3-6(8)5(17(11,12)13)2-4(10-9)7(3)18(14,15)16;/h2H,1H3,(H-,11,12,13,14,15,16);1H. The molecule has 8 nitrogen and oxygen atoms in total. The molecule has 0 spiro atoms. The van der Waals surface area contributed by atoms with Crippen molar-refractivity contribution in [2.24, 2.45) is 0 Å². The molecular formula is C7H6Cl2N2O6S2. The lowest BCUT2D eigenvalue weighted by Crippen LogP contribution is -3.00. The summed E-state index contributed by atoms with van der Waals surface area (Å²) in [6.07, 6.45) is 0. The highest BCUT2D eigenvalue weighted by Gasteiger charge is 2.33. The summed E-state index contributed by atoms with van der Waals surface area (Å²) in [5, 5.41) is 8.02. The van der Waals surface area contributed by atoms with Crippen LogP contribution >= 0.6 is 11.6 Å². The van der Waals surface area contributed by atoms with Crippen LogP contribution in [0.3, 0.4) is 0 Å². The first kappa shape index (κ1) is 18.0. The Bertz CT molecular complexity index is 766. The van der Waals surface area contributed by atoms with E-state index in [1.54, 1.807) is 0 Å². The number of diazo groups is 1. The smallest absolute Gasteiger partial charge is 0.407 e. The fraction of sp³-hybridized carbons (Fsp3) is 0.143. The molecule has 106 valence electrons. The van der Waals surface area contributed by atoms with Gasteiger partial charge >= 0.3 is 15.8 Å². The van der Waals surface area contributed by atoms with Crippen LogP contribution in [0.4, 0.5) is 5.69 Å². The molecule has 0 unspecified atom stereocenters. The van der Waals surface area contributed by atoms with Crippen molar-refractivity contribution in [3.8, 4) is 0 Å². The van der Waals surface area contributed by atoms with Gasteiger partial charge in [0, 0.05) is 0 Å². The van der Waals surface area contributed by atoms with Gasteiger partial charge in [0.2, 0.25) is 5.39 Å². The van der Waals surface area contributed by atoms with Crippen LogP contribution in [0.5, 0.6) is 0 Å². The van der Waals surface area contributed by atoms with Crippen molar-refractivity contribution in [1.29, 1.82) is 5.39 Å². The first-order valence-electron chi connectivity index (χ1n) is 4.13. The third-order valence-electron chi connectivity index (χ3n) is 2.03. The Labute approximate surface area is 119 Å². The molecule has 19 heavy (non-hydrogen) atoms. The number of rotatable bonds is 2. The van der Waals surface area contributed by atoms with Crippen LogP contribution in [0.15, 0.2) is 15.9 Å². The Hall–Kier alpha value is -0.960. The summed E-state index contributed by atoms with van der Waals surface area (Å²) in [7, 11) is -9.51. The quantitative estimate of drug-likeness (QED) is 0.496. The highest BCUT2D eigenvalue weighted by Crippen LogP contribution is 2.37. The second-order valence-corrected chi connectivity index (χ2v) is 6.34. The molecule has 0 atom stereocenters. The van der Waals surface area contributed by atoms with E-state index in [0.29, 0.717) is 6.07 Å². The average Bonchev–Trinajstić information content (AvgIpc) is 2.17. The highest BCUT2D eigenvalue weighted by molar-refractivity contribution is 7.86. The van der Waals surface area contributed by atoms with Crippen LogP contribution in [-0.4, -0.2) is 25.9 Å². The Morgan fingerprint density at radius 2 is 1.68 bits per heavy atom. The predicted octanol–water partition coefficient (Wildman–Crippen LogP) is -1.37. The minimum atomic E-state index is -4.78. The minimum absolute atomic E-state index is 0. The molecule has 0 aliphatic carbocycles. The van der Waals surface area contributed by atoms with Crippen LogP contribution in [0.1, 0.15) is 5.56 Å². The Morgan fingerprint density at radius 3 is 2.00 bits per heavy atom. The zero-order valence-electron chi connectivity index (χ0n) is 9.07. The van der Waals surface area contributed by atoms with Gasteiger partial charge in [-0.1, -0.05) is 11.6 Å². The van der Waals surface area contributed by atoms with Gasteiger partial charge in [-0.25, -0.2) is 0 Å². The summed E-state index contributed by atoms with van der Waals surface area (Å²) in [4.78, 5) is 0.863. The second kappa shape index (κ2) is 5.58. The van der Waals surface area contributed by atoms with E-state index in [-0.39, 0.29) is 18.0 Å².